The lowest BCUT2D eigenvalue weighted by Gasteiger charge is -2.51. The molecule has 34 heavy (non-hydrogen) atoms. The van der Waals surface area contributed by atoms with E-state index in [1.165, 1.54) is 9.80 Å². The van der Waals surface area contributed by atoms with E-state index >= 15 is 0 Å². The average Bonchev–Trinajstić information content (AvgIpc) is 3.03. The first-order valence-electron chi connectivity index (χ1n) is 13.1. The number of hydrogen-bond donors (Lipinski definition) is 0. The second-order valence-electron chi connectivity index (χ2n) is 15.0. The molecule has 0 radical (unpaired) electrons. The van der Waals surface area contributed by atoms with Crippen LogP contribution in [0.3, 0.4) is 0 Å². The van der Waals surface area contributed by atoms with Crippen molar-refractivity contribution in [1.29, 1.82) is 0 Å². The molecule has 190 valence electrons. The van der Waals surface area contributed by atoms with E-state index in [9.17, 15) is 19.2 Å². The van der Waals surface area contributed by atoms with Crippen molar-refractivity contribution in [1.82, 2.24) is 9.80 Å². The lowest BCUT2D eigenvalue weighted by molar-refractivity contribution is -0.145. The largest absolute Gasteiger partial charge is 0.282 e. The van der Waals surface area contributed by atoms with E-state index in [2.05, 4.69) is 41.5 Å². The first kappa shape index (κ1) is 25.4. The highest BCUT2D eigenvalue weighted by Crippen LogP contribution is 2.55. The van der Waals surface area contributed by atoms with Gasteiger partial charge in [-0.15, -0.1) is 0 Å². The summed E-state index contributed by atoms with van der Waals surface area (Å²) in [4.78, 5) is 56.2. The third kappa shape index (κ3) is 4.13. The predicted octanol–water partition coefficient (Wildman–Crippen LogP) is 4.66. The van der Waals surface area contributed by atoms with Crippen molar-refractivity contribution >= 4 is 23.6 Å². The maximum absolute atomic E-state index is 13.6. The summed E-state index contributed by atoms with van der Waals surface area (Å²) in [5.41, 5.74) is -0.408. The smallest absolute Gasteiger partial charge is 0.233 e. The first-order valence-corrected chi connectivity index (χ1v) is 13.1. The van der Waals surface area contributed by atoms with Crippen LogP contribution in [0.2, 0.25) is 0 Å². The Morgan fingerprint density at radius 3 is 1.59 bits per heavy atom. The average molecular weight is 473 g/mol. The van der Waals surface area contributed by atoms with Gasteiger partial charge in [0.25, 0.3) is 0 Å². The van der Waals surface area contributed by atoms with Gasteiger partial charge in [0.05, 0.1) is 23.7 Å². The van der Waals surface area contributed by atoms with E-state index in [0.717, 1.165) is 19.3 Å². The Kier molecular flexibility index (Phi) is 5.70. The van der Waals surface area contributed by atoms with Crippen molar-refractivity contribution in [3.05, 3.63) is 0 Å². The number of carbonyl (C=O) groups is 4. The Balaban J connectivity index is 1.55. The molecule has 2 aliphatic carbocycles. The zero-order chi connectivity index (χ0) is 25.6. The summed E-state index contributed by atoms with van der Waals surface area (Å²) in [6.45, 7) is 19.7. The van der Waals surface area contributed by atoms with Gasteiger partial charge in [0.1, 0.15) is 0 Å². The molecule has 6 atom stereocenters. The SMILES string of the molecule is CC1(C)CC(C(C)(C)C)CC(C)(CN2C(=O)C3CC4C(=O)N(C(C)(C)C)C(=O)C4CC3C2=O)C1. The quantitative estimate of drug-likeness (QED) is 0.548. The van der Waals surface area contributed by atoms with Crippen LogP contribution >= 0.6 is 0 Å². The zero-order valence-electron chi connectivity index (χ0n) is 22.7. The molecule has 0 N–H and O–H groups in total. The maximum Gasteiger partial charge on any atom is 0.233 e. The molecule has 0 bridgehead atoms. The molecule has 0 aromatic rings. The summed E-state index contributed by atoms with van der Waals surface area (Å²) in [6.07, 6.45) is 3.76. The molecular weight excluding hydrogens is 428 g/mol. The number of likely N-dealkylation sites (tertiary alicyclic amines) is 2. The van der Waals surface area contributed by atoms with E-state index in [1.54, 1.807) is 0 Å². The van der Waals surface area contributed by atoms with Crippen LogP contribution in [0.1, 0.15) is 94.4 Å². The van der Waals surface area contributed by atoms with Crippen LogP contribution in [0.4, 0.5) is 0 Å². The highest BCUT2D eigenvalue weighted by Gasteiger charge is 2.61. The highest BCUT2D eigenvalue weighted by atomic mass is 16.2. The molecule has 2 heterocycles. The van der Waals surface area contributed by atoms with Crippen molar-refractivity contribution in [3.63, 3.8) is 0 Å². The molecule has 4 fully saturated rings. The number of hydrogen-bond acceptors (Lipinski definition) is 4. The van der Waals surface area contributed by atoms with Crippen LogP contribution < -0.4 is 0 Å². The van der Waals surface area contributed by atoms with Gasteiger partial charge in [0, 0.05) is 12.1 Å². The zero-order valence-corrected chi connectivity index (χ0v) is 22.7. The fourth-order valence-corrected chi connectivity index (χ4v) is 7.81. The van der Waals surface area contributed by atoms with Crippen LogP contribution in [-0.2, 0) is 19.2 Å². The minimum atomic E-state index is -0.591. The van der Waals surface area contributed by atoms with E-state index < -0.39 is 29.2 Å². The summed E-state index contributed by atoms with van der Waals surface area (Å²) < 4.78 is 0. The summed E-state index contributed by atoms with van der Waals surface area (Å²) in [5, 5.41) is 0. The van der Waals surface area contributed by atoms with Gasteiger partial charge in [0.15, 0.2) is 0 Å². The third-order valence-corrected chi connectivity index (χ3v) is 9.11. The Hall–Kier alpha value is -1.72. The van der Waals surface area contributed by atoms with Crippen LogP contribution in [0, 0.1) is 45.8 Å². The van der Waals surface area contributed by atoms with Crippen molar-refractivity contribution in [2.45, 2.75) is 100.0 Å². The van der Waals surface area contributed by atoms with E-state index in [-0.39, 0.29) is 39.9 Å². The molecule has 2 saturated carbocycles. The van der Waals surface area contributed by atoms with Crippen LogP contribution in [0.15, 0.2) is 0 Å². The number of amides is 4. The van der Waals surface area contributed by atoms with E-state index in [1.807, 2.05) is 20.8 Å². The second kappa shape index (κ2) is 7.64. The number of carbonyl (C=O) groups excluding carboxylic acids is 4. The summed E-state index contributed by atoms with van der Waals surface area (Å²) in [7, 11) is 0. The molecule has 0 aromatic heterocycles. The Bertz CT molecular complexity index is 882. The third-order valence-electron chi connectivity index (χ3n) is 9.11. The lowest BCUT2D eigenvalue weighted by atomic mass is 9.55. The minimum Gasteiger partial charge on any atom is -0.282 e. The van der Waals surface area contributed by atoms with Crippen molar-refractivity contribution in [3.8, 4) is 0 Å². The van der Waals surface area contributed by atoms with Gasteiger partial charge in [0.2, 0.25) is 23.6 Å². The Labute approximate surface area is 205 Å². The molecule has 2 saturated heterocycles. The van der Waals surface area contributed by atoms with Gasteiger partial charge in [-0.05, 0) is 75.0 Å². The van der Waals surface area contributed by atoms with Crippen LogP contribution in [-0.4, -0.2) is 45.5 Å². The fourth-order valence-electron chi connectivity index (χ4n) is 7.81. The molecule has 0 spiro atoms. The van der Waals surface area contributed by atoms with Crippen LogP contribution in [0.25, 0.3) is 0 Å². The highest BCUT2D eigenvalue weighted by molar-refractivity contribution is 6.09. The molecule has 4 rings (SSSR count). The summed E-state index contributed by atoms with van der Waals surface area (Å²) in [5.74, 6) is -1.96. The topological polar surface area (TPSA) is 74.8 Å². The lowest BCUT2D eigenvalue weighted by Crippen LogP contribution is -2.48. The van der Waals surface area contributed by atoms with Gasteiger partial charge in [-0.2, -0.15) is 0 Å². The second-order valence-corrected chi connectivity index (χ2v) is 15.0. The molecule has 6 unspecified atom stereocenters. The number of rotatable bonds is 2. The maximum atomic E-state index is 13.6. The molecule has 6 heteroatoms. The van der Waals surface area contributed by atoms with Crippen LogP contribution in [0.5, 0.6) is 0 Å². The summed E-state index contributed by atoms with van der Waals surface area (Å²) >= 11 is 0. The Morgan fingerprint density at radius 1 is 0.735 bits per heavy atom. The van der Waals surface area contributed by atoms with Gasteiger partial charge in [-0.25, -0.2) is 0 Å². The van der Waals surface area contributed by atoms with Crippen molar-refractivity contribution in [2.75, 3.05) is 6.54 Å². The number of nitrogens with zero attached hydrogens (tertiary/aromatic N) is 2. The monoisotopic (exact) mass is 472 g/mol. The molecular formula is C28H44N2O4. The van der Waals surface area contributed by atoms with E-state index in [0.29, 0.717) is 25.3 Å². The van der Waals surface area contributed by atoms with Crippen molar-refractivity contribution in [2.24, 2.45) is 45.8 Å². The molecule has 4 aliphatic rings. The fraction of sp³-hybridized carbons (Fsp3) is 0.857. The molecule has 4 amide bonds. The number of imide groups is 2. The first-order chi connectivity index (χ1) is 15.3. The standard InChI is InChI=1S/C28H44N2O4/c1-25(2,3)16-12-27(7,8)14-28(9,13-16)15-29-21(31)17-10-19-20(11-18(17)22(29)32)24(34)30(23(19)33)26(4,5)6/h16-20H,10-15H2,1-9H3. The normalized spacial score (nSPS) is 38.4. The van der Waals surface area contributed by atoms with E-state index in [4.69, 9.17) is 0 Å². The van der Waals surface area contributed by atoms with Crippen molar-refractivity contribution < 1.29 is 19.2 Å². The molecule has 6 nitrogen and oxygen atoms in total. The van der Waals surface area contributed by atoms with Gasteiger partial charge in [-0.3, -0.25) is 29.0 Å². The minimum absolute atomic E-state index is 0.125. The molecule has 2 aliphatic heterocycles. The number of fused-ring (bicyclic) bond motifs is 2. The van der Waals surface area contributed by atoms with Gasteiger partial charge in [-0.1, -0.05) is 41.5 Å². The summed E-state index contributed by atoms with van der Waals surface area (Å²) in [6, 6.07) is 0. The van der Waals surface area contributed by atoms with Gasteiger partial charge < -0.3 is 0 Å². The predicted molar refractivity (Wildman–Crippen MR) is 130 cm³/mol. The Morgan fingerprint density at radius 2 is 1.18 bits per heavy atom. The van der Waals surface area contributed by atoms with Gasteiger partial charge >= 0.3 is 0 Å². The molecule has 0 aromatic carbocycles.